The van der Waals surface area contributed by atoms with Crippen LogP contribution in [0.3, 0.4) is 0 Å². The standard InChI is InChI=1S/C12H17NO/c1-10-6-5-7-11(2)12(10)13-8-3-4-9-14/h5-8,14H,3-4,9H2,1-2H3. The largest absolute Gasteiger partial charge is 0.396 e. The first-order valence-electron chi connectivity index (χ1n) is 4.95. The lowest BCUT2D eigenvalue weighted by Crippen LogP contribution is -1.84. The molecule has 0 aromatic heterocycles. The predicted molar refractivity (Wildman–Crippen MR) is 60.4 cm³/mol. The van der Waals surface area contributed by atoms with E-state index in [1.807, 2.05) is 12.3 Å². The van der Waals surface area contributed by atoms with E-state index in [2.05, 4.69) is 31.0 Å². The first-order valence-corrected chi connectivity index (χ1v) is 4.95. The molecule has 2 nitrogen and oxygen atoms in total. The molecular weight excluding hydrogens is 174 g/mol. The van der Waals surface area contributed by atoms with Crippen molar-refractivity contribution in [1.82, 2.24) is 0 Å². The Balaban J connectivity index is 2.70. The zero-order valence-corrected chi connectivity index (χ0v) is 8.83. The van der Waals surface area contributed by atoms with E-state index in [-0.39, 0.29) is 6.61 Å². The molecule has 0 aliphatic heterocycles. The Labute approximate surface area is 85.3 Å². The zero-order chi connectivity index (χ0) is 10.4. The van der Waals surface area contributed by atoms with Crippen LogP contribution in [0.5, 0.6) is 0 Å². The maximum absolute atomic E-state index is 8.61. The van der Waals surface area contributed by atoms with Crippen LogP contribution in [0.25, 0.3) is 0 Å². The highest BCUT2D eigenvalue weighted by atomic mass is 16.2. The van der Waals surface area contributed by atoms with Crippen LogP contribution in [0.15, 0.2) is 23.2 Å². The molecule has 1 rings (SSSR count). The monoisotopic (exact) mass is 191 g/mol. The Bertz CT molecular complexity index is 298. The molecule has 0 fully saturated rings. The summed E-state index contributed by atoms with van der Waals surface area (Å²) >= 11 is 0. The number of hydrogen-bond acceptors (Lipinski definition) is 2. The molecule has 0 saturated carbocycles. The van der Waals surface area contributed by atoms with Gasteiger partial charge in [-0.15, -0.1) is 0 Å². The van der Waals surface area contributed by atoms with Gasteiger partial charge in [0.2, 0.25) is 0 Å². The molecule has 76 valence electrons. The van der Waals surface area contributed by atoms with Gasteiger partial charge < -0.3 is 5.11 Å². The smallest absolute Gasteiger partial charge is 0.0683 e. The summed E-state index contributed by atoms with van der Waals surface area (Å²) in [7, 11) is 0. The summed E-state index contributed by atoms with van der Waals surface area (Å²) < 4.78 is 0. The summed E-state index contributed by atoms with van der Waals surface area (Å²) in [6.07, 6.45) is 3.50. The highest BCUT2D eigenvalue weighted by Gasteiger charge is 1.97. The van der Waals surface area contributed by atoms with E-state index in [0.717, 1.165) is 18.5 Å². The molecule has 0 aliphatic rings. The molecule has 0 aliphatic carbocycles. The maximum Gasteiger partial charge on any atom is 0.0683 e. The van der Waals surface area contributed by atoms with E-state index >= 15 is 0 Å². The van der Waals surface area contributed by atoms with Gasteiger partial charge >= 0.3 is 0 Å². The van der Waals surface area contributed by atoms with Gasteiger partial charge in [-0.25, -0.2) is 0 Å². The topological polar surface area (TPSA) is 32.6 Å². The van der Waals surface area contributed by atoms with Crippen molar-refractivity contribution < 1.29 is 5.11 Å². The number of rotatable bonds is 4. The van der Waals surface area contributed by atoms with Crippen molar-refractivity contribution >= 4 is 11.9 Å². The molecule has 0 amide bonds. The lowest BCUT2D eigenvalue weighted by molar-refractivity contribution is 0.291. The van der Waals surface area contributed by atoms with Crippen LogP contribution in [0.4, 0.5) is 5.69 Å². The number of nitrogens with zero attached hydrogens (tertiary/aromatic N) is 1. The lowest BCUT2D eigenvalue weighted by Gasteiger charge is -2.02. The van der Waals surface area contributed by atoms with Crippen LogP contribution in [0, 0.1) is 13.8 Å². The number of aliphatic hydroxyl groups is 1. The van der Waals surface area contributed by atoms with Crippen molar-refractivity contribution in [2.24, 2.45) is 4.99 Å². The second-order valence-electron chi connectivity index (χ2n) is 3.42. The Morgan fingerprint density at radius 3 is 2.50 bits per heavy atom. The summed E-state index contributed by atoms with van der Waals surface area (Å²) in [5.74, 6) is 0. The first kappa shape index (κ1) is 10.9. The molecule has 0 radical (unpaired) electrons. The summed E-state index contributed by atoms with van der Waals surface area (Å²) in [5.41, 5.74) is 3.46. The summed E-state index contributed by atoms with van der Waals surface area (Å²) in [6.45, 7) is 4.36. The fourth-order valence-corrected chi connectivity index (χ4v) is 1.35. The van der Waals surface area contributed by atoms with Crippen LogP contribution in [-0.4, -0.2) is 17.9 Å². The summed E-state index contributed by atoms with van der Waals surface area (Å²) in [4.78, 5) is 4.41. The average Bonchev–Trinajstić information content (AvgIpc) is 2.16. The van der Waals surface area contributed by atoms with E-state index in [9.17, 15) is 0 Å². The fourth-order valence-electron chi connectivity index (χ4n) is 1.35. The second kappa shape index (κ2) is 5.55. The van der Waals surface area contributed by atoms with Crippen molar-refractivity contribution in [2.75, 3.05) is 6.61 Å². The lowest BCUT2D eigenvalue weighted by atomic mass is 10.1. The number of aliphatic imine (C=N–C) groups is 1. The molecule has 0 bridgehead atoms. The van der Waals surface area contributed by atoms with Crippen LogP contribution in [0.2, 0.25) is 0 Å². The average molecular weight is 191 g/mol. The summed E-state index contributed by atoms with van der Waals surface area (Å²) in [5, 5.41) is 8.61. The maximum atomic E-state index is 8.61. The second-order valence-corrected chi connectivity index (χ2v) is 3.42. The molecule has 1 aromatic rings. The van der Waals surface area contributed by atoms with Crippen molar-refractivity contribution in [1.29, 1.82) is 0 Å². The van der Waals surface area contributed by atoms with Gasteiger partial charge in [-0.2, -0.15) is 0 Å². The number of aliphatic hydroxyl groups excluding tert-OH is 1. The van der Waals surface area contributed by atoms with Gasteiger partial charge in [-0.05, 0) is 37.8 Å². The highest BCUT2D eigenvalue weighted by molar-refractivity contribution is 5.66. The third-order valence-corrected chi connectivity index (χ3v) is 2.15. The van der Waals surface area contributed by atoms with Crippen LogP contribution >= 0.6 is 0 Å². The van der Waals surface area contributed by atoms with Crippen LogP contribution < -0.4 is 0 Å². The Kier molecular flexibility index (Phi) is 4.33. The predicted octanol–water partition coefficient (Wildman–Crippen LogP) is 2.78. The number of unbranched alkanes of at least 4 members (excludes halogenated alkanes) is 1. The SMILES string of the molecule is Cc1cccc(C)c1N=CCCCO. The number of hydrogen-bond donors (Lipinski definition) is 1. The summed E-state index contributed by atoms with van der Waals surface area (Å²) in [6, 6.07) is 6.16. The normalized spacial score (nSPS) is 11.1. The van der Waals surface area contributed by atoms with Gasteiger partial charge in [0, 0.05) is 12.8 Å². The molecule has 2 heteroatoms. The molecule has 0 saturated heterocycles. The van der Waals surface area contributed by atoms with Crippen molar-refractivity contribution in [2.45, 2.75) is 26.7 Å². The third kappa shape index (κ3) is 2.96. The van der Waals surface area contributed by atoms with Crippen molar-refractivity contribution in [3.63, 3.8) is 0 Å². The van der Waals surface area contributed by atoms with E-state index in [4.69, 9.17) is 5.11 Å². The third-order valence-electron chi connectivity index (χ3n) is 2.15. The fraction of sp³-hybridized carbons (Fsp3) is 0.417. The number of benzene rings is 1. The van der Waals surface area contributed by atoms with Gasteiger partial charge in [0.25, 0.3) is 0 Å². The van der Waals surface area contributed by atoms with E-state index in [1.165, 1.54) is 11.1 Å². The Morgan fingerprint density at radius 1 is 1.29 bits per heavy atom. The molecule has 0 spiro atoms. The van der Waals surface area contributed by atoms with Crippen LogP contribution in [0.1, 0.15) is 24.0 Å². The number of aryl methyl sites for hydroxylation is 2. The molecular formula is C12H17NO. The van der Waals surface area contributed by atoms with Crippen molar-refractivity contribution in [3.8, 4) is 0 Å². The van der Waals surface area contributed by atoms with E-state index in [1.54, 1.807) is 0 Å². The van der Waals surface area contributed by atoms with E-state index in [0.29, 0.717) is 0 Å². The quantitative estimate of drug-likeness (QED) is 0.576. The van der Waals surface area contributed by atoms with E-state index < -0.39 is 0 Å². The Morgan fingerprint density at radius 2 is 1.93 bits per heavy atom. The molecule has 0 heterocycles. The number of para-hydroxylation sites is 1. The zero-order valence-electron chi connectivity index (χ0n) is 8.83. The Hall–Kier alpha value is -1.15. The minimum Gasteiger partial charge on any atom is -0.396 e. The van der Waals surface area contributed by atoms with Gasteiger partial charge in [0.15, 0.2) is 0 Å². The van der Waals surface area contributed by atoms with Gasteiger partial charge in [-0.1, -0.05) is 18.2 Å². The first-order chi connectivity index (χ1) is 6.75. The van der Waals surface area contributed by atoms with Gasteiger partial charge in [0.05, 0.1) is 5.69 Å². The molecule has 14 heavy (non-hydrogen) atoms. The minimum atomic E-state index is 0.235. The highest BCUT2D eigenvalue weighted by Crippen LogP contribution is 2.22. The minimum absolute atomic E-state index is 0.235. The van der Waals surface area contributed by atoms with Crippen LogP contribution in [-0.2, 0) is 0 Å². The molecule has 1 N–H and O–H groups in total. The molecule has 0 atom stereocenters. The van der Waals surface area contributed by atoms with Gasteiger partial charge in [-0.3, -0.25) is 4.99 Å². The van der Waals surface area contributed by atoms with Gasteiger partial charge in [0.1, 0.15) is 0 Å². The molecule has 0 unspecified atom stereocenters. The molecule has 1 aromatic carbocycles. The van der Waals surface area contributed by atoms with Crippen molar-refractivity contribution in [3.05, 3.63) is 29.3 Å².